The number of para-hydroxylation sites is 2. The van der Waals surface area contributed by atoms with E-state index < -0.39 is 17.7 Å². The Morgan fingerprint density at radius 1 is 1.00 bits per heavy atom. The van der Waals surface area contributed by atoms with Gasteiger partial charge in [-0.3, -0.25) is 9.59 Å². The Labute approximate surface area is 208 Å². The molecule has 1 aliphatic rings. The number of ketones is 1. The number of nitrogens with one attached hydrogen (secondary N) is 1. The summed E-state index contributed by atoms with van der Waals surface area (Å²) in [6.45, 7) is 1.96. The van der Waals surface area contributed by atoms with Gasteiger partial charge in [-0.2, -0.15) is 0 Å². The van der Waals surface area contributed by atoms with E-state index in [0.29, 0.717) is 17.1 Å². The fraction of sp³-hybridized carbons (Fsp3) is 0.172. The summed E-state index contributed by atoms with van der Waals surface area (Å²) in [5.41, 5.74) is 3.60. The van der Waals surface area contributed by atoms with Gasteiger partial charge in [0.15, 0.2) is 0 Å². The molecule has 7 nitrogen and oxygen atoms in total. The number of hydrogen-bond acceptors (Lipinski definition) is 5. The largest absolute Gasteiger partial charge is 0.507 e. The van der Waals surface area contributed by atoms with Crippen LogP contribution in [0.2, 0.25) is 0 Å². The summed E-state index contributed by atoms with van der Waals surface area (Å²) in [5, 5.41) is 12.4. The average Bonchev–Trinajstić information content (AvgIpc) is 3.42. The predicted molar refractivity (Wildman–Crippen MR) is 137 cm³/mol. The number of hydrogen-bond donors (Lipinski definition) is 2. The fourth-order valence-electron chi connectivity index (χ4n) is 4.88. The van der Waals surface area contributed by atoms with Gasteiger partial charge in [0.2, 0.25) is 0 Å². The summed E-state index contributed by atoms with van der Waals surface area (Å²) in [6, 6.07) is 19.4. The van der Waals surface area contributed by atoms with E-state index in [1.807, 2.05) is 55.5 Å². The Kier molecular flexibility index (Phi) is 5.98. The van der Waals surface area contributed by atoms with Gasteiger partial charge in [-0.1, -0.05) is 36.4 Å². The highest BCUT2D eigenvalue weighted by atomic mass is 16.5. The van der Waals surface area contributed by atoms with Crippen molar-refractivity contribution in [2.45, 2.75) is 19.5 Å². The first-order valence-corrected chi connectivity index (χ1v) is 11.6. The van der Waals surface area contributed by atoms with Crippen LogP contribution >= 0.6 is 0 Å². The number of ether oxygens (including phenoxy) is 2. The number of nitrogens with zero attached hydrogens (tertiary/aromatic N) is 1. The number of benzene rings is 3. The predicted octanol–water partition coefficient (Wildman–Crippen LogP) is 5.12. The quantitative estimate of drug-likeness (QED) is 0.226. The second-order valence-corrected chi connectivity index (χ2v) is 8.71. The minimum absolute atomic E-state index is 0.0490. The second kappa shape index (κ2) is 9.26. The molecular formula is C29H26N2O5. The van der Waals surface area contributed by atoms with Gasteiger partial charge in [-0.05, 0) is 42.8 Å². The molecule has 1 atom stereocenters. The molecule has 1 unspecified atom stereocenters. The summed E-state index contributed by atoms with van der Waals surface area (Å²) in [6.07, 6.45) is 1.80. The lowest BCUT2D eigenvalue weighted by molar-refractivity contribution is -0.140. The Bertz CT molecular complexity index is 1520. The normalized spacial score (nSPS) is 17.1. The molecule has 1 saturated heterocycles. The van der Waals surface area contributed by atoms with Gasteiger partial charge in [-0.15, -0.1) is 0 Å². The molecule has 0 radical (unpaired) electrons. The molecule has 182 valence electrons. The molecule has 1 fully saturated rings. The monoisotopic (exact) mass is 482 g/mol. The Morgan fingerprint density at radius 3 is 2.50 bits per heavy atom. The van der Waals surface area contributed by atoms with Gasteiger partial charge in [0, 0.05) is 33.8 Å². The number of fused-ring (bicyclic) bond motifs is 1. The number of aromatic amines is 1. The van der Waals surface area contributed by atoms with Gasteiger partial charge in [0.25, 0.3) is 11.7 Å². The van der Waals surface area contributed by atoms with Crippen molar-refractivity contribution >= 4 is 28.4 Å². The number of aromatic nitrogens is 1. The molecule has 0 spiro atoms. The topological polar surface area (TPSA) is 91.9 Å². The highest BCUT2D eigenvalue weighted by Gasteiger charge is 2.47. The van der Waals surface area contributed by atoms with Gasteiger partial charge in [0.05, 0.1) is 32.4 Å². The number of amides is 1. The number of aryl methyl sites for hydroxylation is 1. The molecule has 7 heteroatoms. The Balaban J connectivity index is 1.72. The molecule has 2 N–H and O–H groups in total. The van der Waals surface area contributed by atoms with Crippen molar-refractivity contribution in [3.8, 4) is 11.5 Å². The first-order valence-electron chi connectivity index (χ1n) is 11.6. The number of Topliss-reactive ketones (excluding diaryl/α,β-unsaturated/α-hetero) is 1. The SMILES string of the molecule is COc1ccc(/C(O)=C2\C(=O)C(=O)N(Cc3ccccc3OC)C2c2c[nH]c3ccccc23)c(C)c1. The number of rotatable bonds is 6. The third kappa shape index (κ3) is 3.79. The molecule has 3 aromatic carbocycles. The van der Waals surface area contributed by atoms with E-state index in [9.17, 15) is 14.7 Å². The Hall–Kier alpha value is -4.52. The van der Waals surface area contributed by atoms with Crippen molar-refractivity contribution in [2.24, 2.45) is 0 Å². The van der Waals surface area contributed by atoms with E-state index in [1.54, 1.807) is 38.6 Å². The van der Waals surface area contributed by atoms with Crippen LogP contribution in [0, 0.1) is 6.92 Å². The standard InChI is InChI=1S/C29H26N2O5/c1-17-14-19(35-2)12-13-20(17)27(32)25-26(22-15-30-23-10-6-5-9-21(22)23)31(29(34)28(25)33)16-18-8-4-7-11-24(18)36-3/h4-15,26,30,32H,16H2,1-3H3/b27-25+. The highest BCUT2D eigenvalue weighted by Crippen LogP contribution is 2.43. The molecule has 0 aliphatic carbocycles. The molecule has 2 heterocycles. The number of carbonyl (C=O) groups is 2. The summed E-state index contributed by atoms with van der Waals surface area (Å²) in [4.78, 5) is 31.7. The third-order valence-electron chi connectivity index (χ3n) is 6.68. The Morgan fingerprint density at radius 2 is 1.75 bits per heavy atom. The van der Waals surface area contributed by atoms with E-state index in [0.717, 1.165) is 27.6 Å². The van der Waals surface area contributed by atoms with E-state index >= 15 is 0 Å². The molecule has 0 saturated carbocycles. The van der Waals surface area contributed by atoms with Gasteiger partial charge >= 0.3 is 0 Å². The molecule has 1 aliphatic heterocycles. The molecule has 36 heavy (non-hydrogen) atoms. The maximum Gasteiger partial charge on any atom is 0.295 e. The van der Waals surface area contributed by atoms with Crippen molar-refractivity contribution in [3.05, 3.63) is 101 Å². The molecule has 5 rings (SSSR count). The zero-order valence-corrected chi connectivity index (χ0v) is 20.2. The van der Waals surface area contributed by atoms with Crippen molar-refractivity contribution < 1.29 is 24.2 Å². The maximum absolute atomic E-state index is 13.5. The molecular weight excluding hydrogens is 456 g/mol. The smallest absolute Gasteiger partial charge is 0.295 e. The first kappa shape index (κ1) is 23.2. The fourth-order valence-corrected chi connectivity index (χ4v) is 4.88. The van der Waals surface area contributed by atoms with E-state index in [2.05, 4.69) is 4.98 Å². The van der Waals surface area contributed by atoms with Crippen molar-refractivity contribution in [2.75, 3.05) is 14.2 Å². The summed E-state index contributed by atoms with van der Waals surface area (Å²) in [7, 11) is 3.13. The lowest BCUT2D eigenvalue weighted by Gasteiger charge is -2.25. The lowest BCUT2D eigenvalue weighted by Crippen LogP contribution is -2.29. The van der Waals surface area contributed by atoms with E-state index in [4.69, 9.17) is 9.47 Å². The second-order valence-electron chi connectivity index (χ2n) is 8.71. The number of aliphatic hydroxyl groups excluding tert-OH is 1. The minimum Gasteiger partial charge on any atom is -0.507 e. The number of methoxy groups -OCH3 is 2. The first-order chi connectivity index (χ1) is 17.4. The van der Waals surface area contributed by atoms with Crippen LogP contribution in [0.4, 0.5) is 0 Å². The minimum atomic E-state index is -0.799. The molecule has 0 bridgehead atoms. The van der Waals surface area contributed by atoms with Gasteiger partial charge in [0.1, 0.15) is 17.3 Å². The summed E-state index contributed by atoms with van der Waals surface area (Å²) in [5.74, 6) is -0.375. The van der Waals surface area contributed by atoms with Crippen LogP contribution in [-0.4, -0.2) is 40.9 Å². The average molecular weight is 483 g/mol. The van der Waals surface area contributed by atoms with Crippen LogP contribution < -0.4 is 9.47 Å². The highest BCUT2D eigenvalue weighted by molar-refractivity contribution is 6.46. The maximum atomic E-state index is 13.5. The van der Waals surface area contributed by atoms with Crippen LogP contribution in [0.1, 0.15) is 28.3 Å². The number of carbonyl (C=O) groups excluding carboxylic acids is 2. The molecule has 1 amide bonds. The van der Waals surface area contributed by atoms with Crippen LogP contribution in [0.3, 0.4) is 0 Å². The zero-order chi connectivity index (χ0) is 25.4. The lowest BCUT2D eigenvalue weighted by atomic mass is 9.93. The summed E-state index contributed by atoms with van der Waals surface area (Å²) < 4.78 is 10.8. The van der Waals surface area contributed by atoms with Crippen LogP contribution in [-0.2, 0) is 16.1 Å². The van der Waals surface area contributed by atoms with Crippen LogP contribution in [0.25, 0.3) is 16.7 Å². The molecule has 1 aromatic heterocycles. The van der Waals surface area contributed by atoms with Crippen molar-refractivity contribution in [1.29, 1.82) is 0 Å². The van der Waals surface area contributed by atoms with Gasteiger partial charge < -0.3 is 24.5 Å². The van der Waals surface area contributed by atoms with Crippen LogP contribution in [0.15, 0.2) is 78.5 Å². The summed E-state index contributed by atoms with van der Waals surface area (Å²) >= 11 is 0. The molecule has 4 aromatic rings. The number of aliphatic hydroxyl groups is 1. The van der Waals surface area contributed by atoms with E-state index in [1.165, 1.54) is 4.90 Å². The van der Waals surface area contributed by atoms with E-state index in [-0.39, 0.29) is 17.9 Å². The number of H-pyrrole nitrogens is 1. The van der Waals surface area contributed by atoms with Gasteiger partial charge in [-0.25, -0.2) is 0 Å². The number of likely N-dealkylation sites (tertiary alicyclic amines) is 1. The zero-order valence-electron chi connectivity index (χ0n) is 20.2. The van der Waals surface area contributed by atoms with Crippen molar-refractivity contribution in [3.63, 3.8) is 0 Å². The third-order valence-corrected chi connectivity index (χ3v) is 6.68. The van der Waals surface area contributed by atoms with Crippen molar-refractivity contribution in [1.82, 2.24) is 9.88 Å². The van der Waals surface area contributed by atoms with Crippen LogP contribution in [0.5, 0.6) is 11.5 Å².